The lowest BCUT2D eigenvalue weighted by Crippen LogP contribution is -2.09. The third-order valence-corrected chi connectivity index (χ3v) is 5.11. The lowest BCUT2D eigenvalue weighted by molar-refractivity contribution is 0.0696. The Kier molecular flexibility index (Phi) is 5.95. The zero-order valence-electron chi connectivity index (χ0n) is 16.3. The van der Waals surface area contributed by atoms with Gasteiger partial charge in [-0.3, -0.25) is 4.68 Å². The first-order valence-corrected chi connectivity index (χ1v) is 9.83. The number of carboxylic acids is 1. The van der Waals surface area contributed by atoms with Crippen LogP contribution in [0, 0.1) is 12.8 Å². The van der Waals surface area contributed by atoms with E-state index in [0.717, 1.165) is 38.6 Å². The van der Waals surface area contributed by atoms with Gasteiger partial charge in [0.2, 0.25) is 0 Å². The van der Waals surface area contributed by atoms with Crippen molar-refractivity contribution < 1.29 is 9.90 Å². The van der Waals surface area contributed by atoms with Crippen molar-refractivity contribution in [3.63, 3.8) is 0 Å². The van der Waals surface area contributed by atoms with Crippen molar-refractivity contribution in [3.8, 4) is 0 Å². The molecule has 0 spiro atoms. The molecule has 0 aliphatic rings. The Morgan fingerprint density at radius 1 is 1.21 bits per heavy atom. The van der Waals surface area contributed by atoms with Crippen LogP contribution < -0.4 is 0 Å². The van der Waals surface area contributed by atoms with E-state index in [2.05, 4.69) is 57.1 Å². The summed E-state index contributed by atoms with van der Waals surface area (Å²) in [6.07, 6.45) is 3.26. The second-order valence-corrected chi connectivity index (χ2v) is 8.28. The molecule has 0 aliphatic carbocycles. The van der Waals surface area contributed by atoms with Crippen molar-refractivity contribution in [1.29, 1.82) is 0 Å². The summed E-state index contributed by atoms with van der Waals surface area (Å²) in [5, 5.41) is 20.2. The zero-order chi connectivity index (χ0) is 20.0. The largest absolute Gasteiger partial charge is 0.478 e. The lowest BCUT2D eigenvalue weighted by Gasteiger charge is -2.11. The normalized spacial score (nSPS) is 11.3. The van der Waals surface area contributed by atoms with Gasteiger partial charge in [0.15, 0.2) is 5.65 Å². The summed E-state index contributed by atoms with van der Waals surface area (Å²) in [7, 11) is 0. The average molecular weight is 479 g/mol. The molecule has 4 aromatic rings. The van der Waals surface area contributed by atoms with Crippen molar-refractivity contribution in [2.75, 3.05) is 0 Å². The van der Waals surface area contributed by atoms with Gasteiger partial charge in [0.05, 0.1) is 29.5 Å². The van der Waals surface area contributed by atoms with Gasteiger partial charge in [0, 0.05) is 33.6 Å². The van der Waals surface area contributed by atoms with E-state index in [1.165, 1.54) is 6.20 Å². The van der Waals surface area contributed by atoms with Gasteiger partial charge in [0.25, 0.3) is 0 Å². The monoisotopic (exact) mass is 477 g/mol. The molecule has 0 aliphatic heterocycles. The molecule has 1 aromatic carbocycles. The number of fused-ring (bicyclic) bond motifs is 2. The number of halogens is 2. The Labute approximate surface area is 182 Å². The third-order valence-electron chi connectivity index (χ3n) is 4.65. The molecule has 29 heavy (non-hydrogen) atoms. The molecule has 3 heterocycles. The molecule has 1 N–H and O–H groups in total. The van der Waals surface area contributed by atoms with Crippen LogP contribution in [-0.4, -0.2) is 35.6 Å². The third kappa shape index (κ3) is 4.00. The number of aromatic carboxylic acids is 1. The number of aryl methyl sites for hydroxylation is 1. The SMILES string of the molecule is Cc1nn(Cc2cc(Br)cc3cnn(CC(C)C)c23)c2ncc(C(=O)O)cc12.Cl. The van der Waals surface area contributed by atoms with E-state index in [-0.39, 0.29) is 18.0 Å². The maximum Gasteiger partial charge on any atom is 0.337 e. The van der Waals surface area contributed by atoms with Crippen LogP contribution in [0.2, 0.25) is 0 Å². The van der Waals surface area contributed by atoms with Crippen LogP contribution in [0.15, 0.2) is 35.1 Å². The van der Waals surface area contributed by atoms with E-state index >= 15 is 0 Å². The highest BCUT2D eigenvalue weighted by molar-refractivity contribution is 9.10. The zero-order valence-corrected chi connectivity index (χ0v) is 18.7. The maximum atomic E-state index is 11.3. The summed E-state index contributed by atoms with van der Waals surface area (Å²) < 4.78 is 4.84. The second-order valence-electron chi connectivity index (χ2n) is 7.37. The van der Waals surface area contributed by atoms with Crippen molar-refractivity contribution in [2.45, 2.75) is 33.9 Å². The summed E-state index contributed by atoms with van der Waals surface area (Å²) in [4.78, 5) is 15.6. The second kappa shape index (κ2) is 8.12. The number of carboxylic acid groups (broad SMARTS) is 1. The first-order valence-electron chi connectivity index (χ1n) is 9.04. The van der Waals surface area contributed by atoms with Gasteiger partial charge in [-0.25, -0.2) is 14.5 Å². The van der Waals surface area contributed by atoms with Gasteiger partial charge >= 0.3 is 5.97 Å². The molecule has 0 saturated carbocycles. The van der Waals surface area contributed by atoms with Crippen molar-refractivity contribution in [1.82, 2.24) is 24.5 Å². The highest BCUT2D eigenvalue weighted by atomic mass is 79.9. The first kappa shape index (κ1) is 21.3. The smallest absolute Gasteiger partial charge is 0.337 e. The maximum absolute atomic E-state index is 11.3. The Balaban J connectivity index is 0.00000240. The van der Waals surface area contributed by atoms with Crippen molar-refractivity contribution >= 4 is 56.2 Å². The fraction of sp³-hybridized carbons (Fsp3) is 0.300. The van der Waals surface area contributed by atoms with Crippen LogP contribution >= 0.6 is 28.3 Å². The van der Waals surface area contributed by atoms with Gasteiger partial charge in [-0.15, -0.1) is 12.4 Å². The van der Waals surface area contributed by atoms with E-state index in [0.29, 0.717) is 18.1 Å². The van der Waals surface area contributed by atoms with E-state index in [1.807, 2.05) is 22.5 Å². The van der Waals surface area contributed by atoms with Crippen molar-refractivity contribution in [3.05, 3.63) is 51.9 Å². The summed E-state index contributed by atoms with van der Waals surface area (Å²) in [5.74, 6) is -0.517. The van der Waals surface area contributed by atoms with Crippen molar-refractivity contribution in [2.24, 2.45) is 5.92 Å². The number of rotatable bonds is 5. The Bertz CT molecular complexity index is 1210. The van der Waals surface area contributed by atoms with Crippen LogP contribution in [-0.2, 0) is 13.1 Å². The van der Waals surface area contributed by atoms with Gasteiger partial charge in [-0.05, 0) is 31.0 Å². The number of benzene rings is 1. The number of aromatic nitrogens is 5. The van der Waals surface area contributed by atoms with Gasteiger partial charge in [-0.1, -0.05) is 29.8 Å². The standard InChI is InChI=1S/C20H20BrN5O2.ClH/c1-11(2)9-25-18-13(8-23-25)4-16(21)5-15(18)10-26-19-17(12(3)24-26)6-14(7-22-19)20(27)28;/h4-8,11H,9-10H2,1-3H3,(H,27,28);1H. The number of hydrogen-bond donors (Lipinski definition) is 1. The summed E-state index contributed by atoms with van der Waals surface area (Å²) in [6.45, 7) is 7.55. The summed E-state index contributed by atoms with van der Waals surface area (Å²) in [5.41, 5.74) is 3.75. The number of carbonyl (C=O) groups is 1. The highest BCUT2D eigenvalue weighted by Crippen LogP contribution is 2.27. The highest BCUT2D eigenvalue weighted by Gasteiger charge is 2.16. The Hall–Kier alpha value is -2.45. The molecular formula is C20H21BrClN5O2. The van der Waals surface area contributed by atoms with Crippen LogP contribution in [0.25, 0.3) is 21.9 Å². The van der Waals surface area contributed by atoms with Crippen LogP contribution in [0.1, 0.15) is 35.5 Å². The van der Waals surface area contributed by atoms with E-state index in [1.54, 1.807) is 6.07 Å². The molecule has 9 heteroatoms. The topological polar surface area (TPSA) is 85.8 Å². The molecule has 0 fully saturated rings. The van der Waals surface area contributed by atoms with Crippen LogP contribution in [0.3, 0.4) is 0 Å². The number of hydrogen-bond acceptors (Lipinski definition) is 4. The fourth-order valence-corrected chi connectivity index (χ4v) is 4.01. The molecule has 7 nitrogen and oxygen atoms in total. The summed E-state index contributed by atoms with van der Waals surface area (Å²) >= 11 is 3.59. The molecule has 0 amide bonds. The predicted octanol–water partition coefficient (Wildman–Crippen LogP) is 4.68. The average Bonchev–Trinajstić information content (AvgIpc) is 3.15. The van der Waals surface area contributed by atoms with E-state index in [9.17, 15) is 9.90 Å². The van der Waals surface area contributed by atoms with E-state index in [4.69, 9.17) is 0 Å². The first-order chi connectivity index (χ1) is 13.3. The molecule has 0 radical (unpaired) electrons. The number of pyridine rings is 1. The minimum atomic E-state index is -0.993. The quantitative estimate of drug-likeness (QED) is 0.450. The summed E-state index contributed by atoms with van der Waals surface area (Å²) in [6, 6.07) is 5.77. The van der Waals surface area contributed by atoms with Gasteiger partial charge < -0.3 is 5.11 Å². The molecule has 0 bridgehead atoms. The van der Waals surface area contributed by atoms with Crippen LogP contribution in [0.4, 0.5) is 0 Å². The predicted molar refractivity (Wildman–Crippen MR) is 118 cm³/mol. The molecule has 4 rings (SSSR count). The minimum Gasteiger partial charge on any atom is -0.478 e. The Morgan fingerprint density at radius 2 is 1.97 bits per heavy atom. The lowest BCUT2D eigenvalue weighted by atomic mass is 10.1. The molecule has 0 unspecified atom stereocenters. The fourth-order valence-electron chi connectivity index (χ4n) is 3.49. The Morgan fingerprint density at radius 3 is 2.66 bits per heavy atom. The molecular weight excluding hydrogens is 458 g/mol. The molecule has 0 atom stereocenters. The van der Waals surface area contributed by atoms with Crippen LogP contribution in [0.5, 0.6) is 0 Å². The van der Waals surface area contributed by atoms with E-state index < -0.39 is 5.97 Å². The van der Waals surface area contributed by atoms with Gasteiger partial charge in [0.1, 0.15) is 0 Å². The molecule has 0 saturated heterocycles. The van der Waals surface area contributed by atoms with Gasteiger partial charge in [-0.2, -0.15) is 10.2 Å². The minimum absolute atomic E-state index is 0. The molecule has 152 valence electrons. The number of nitrogens with zero attached hydrogens (tertiary/aromatic N) is 5. The molecule has 3 aromatic heterocycles.